The van der Waals surface area contributed by atoms with Crippen LogP contribution in [0.15, 0.2) is 47.6 Å². The standard InChI is InChI=1S/C13H11ClFN3O3S/c14-9-3-4-11(15)12(6-9)22(20,21)17-8-13(19)18-10-2-1-5-16-7-10/h1-7,17H,8H2,(H,18,19). The summed E-state index contributed by atoms with van der Waals surface area (Å²) in [5.74, 6) is -1.57. The van der Waals surface area contributed by atoms with Crippen molar-refractivity contribution >= 4 is 33.2 Å². The number of amides is 1. The zero-order valence-corrected chi connectivity index (χ0v) is 12.7. The van der Waals surface area contributed by atoms with Crippen molar-refractivity contribution in [2.45, 2.75) is 4.90 Å². The van der Waals surface area contributed by atoms with Gasteiger partial charge < -0.3 is 5.32 Å². The molecular weight excluding hydrogens is 333 g/mol. The second-order valence-corrected chi connectivity index (χ2v) is 6.36. The van der Waals surface area contributed by atoms with Crippen molar-refractivity contribution in [3.8, 4) is 0 Å². The van der Waals surface area contributed by atoms with E-state index in [1.54, 1.807) is 12.1 Å². The fourth-order valence-corrected chi connectivity index (χ4v) is 2.88. The summed E-state index contributed by atoms with van der Waals surface area (Å²) in [4.78, 5) is 14.8. The molecule has 22 heavy (non-hydrogen) atoms. The van der Waals surface area contributed by atoms with Gasteiger partial charge in [-0.2, -0.15) is 0 Å². The Morgan fingerprint density at radius 1 is 1.32 bits per heavy atom. The predicted octanol–water partition coefficient (Wildman–Crippen LogP) is 1.79. The Labute approximate surface area is 131 Å². The molecule has 1 heterocycles. The van der Waals surface area contributed by atoms with Crippen LogP contribution >= 0.6 is 11.6 Å². The highest BCUT2D eigenvalue weighted by molar-refractivity contribution is 7.89. The first-order chi connectivity index (χ1) is 10.4. The number of nitrogens with zero attached hydrogens (tertiary/aromatic N) is 1. The summed E-state index contributed by atoms with van der Waals surface area (Å²) in [6.45, 7) is -0.552. The van der Waals surface area contributed by atoms with E-state index in [9.17, 15) is 17.6 Å². The molecule has 0 atom stereocenters. The number of rotatable bonds is 5. The Kier molecular flexibility index (Phi) is 5.07. The molecule has 0 bridgehead atoms. The third-order valence-electron chi connectivity index (χ3n) is 2.55. The van der Waals surface area contributed by atoms with E-state index in [4.69, 9.17) is 11.6 Å². The van der Waals surface area contributed by atoms with E-state index < -0.39 is 33.2 Å². The van der Waals surface area contributed by atoms with E-state index in [1.165, 1.54) is 18.5 Å². The number of carbonyl (C=O) groups excluding carboxylic acids is 1. The normalized spacial score (nSPS) is 11.2. The minimum absolute atomic E-state index is 0.0709. The van der Waals surface area contributed by atoms with Crippen molar-refractivity contribution in [2.75, 3.05) is 11.9 Å². The summed E-state index contributed by atoms with van der Waals surface area (Å²) < 4.78 is 39.5. The lowest BCUT2D eigenvalue weighted by molar-refractivity contribution is -0.115. The number of anilines is 1. The quantitative estimate of drug-likeness (QED) is 0.866. The van der Waals surface area contributed by atoms with E-state index in [1.807, 2.05) is 4.72 Å². The van der Waals surface area contributed by atoms with Gasteiger partial charge >= 0.3 is 0 Å². The Balaban J connectivity index is 2.04. The monoisotopic (exact) mass is 343 g/mol. The lowest BCUT2D eigenvalue weighted by atomic mass is 10.3. The molecule has 1 amide bonds. The average Bonchev–Trinajstić information content (AvgIpc) is 2.49. The Hall–Kier alpha value is -2.03. The lowest BCUT2D eigenvalue weighted by Crippen LogP contribution is -2.33. The summed E-state index contributed by atoms with van der Waals surface area (Å²) in [5.41, 5.74) is 0.417. The van der Waals surface area contributed by atoms with Crippen LogP contribution in [0.2, 0.25) is 5.02 Å². The number of nitrogens with one attached hydrogen (secondary N) is 2. The molecule has 0 spiro atoms. The number of halogens is 2. The van der Waals surface area contributed by atoms with E-state index in [-0.39, 0.29) is 5.02 Å². The molecule has 0 aliphatic heterocycles. The maximum absolute atomic E-state index is 13.5. The molecule has 0 saturated carbocycles. The van der Waals surface area contributed by atoms with E-state index in [2.05, 4.69) is 10.3 Å². The van der Waals surface area contributed by atoms with E-state index in [0.29, 0.717) is 5.69 Å². The van der Waals surface area contributed by atoms with Crippen LogP contribution in [0.3, 0.4) is 0 Å². The number of hydrogen-bond acceptors (Lipinski definition) is 4. The lowest BCUT2D eigenvalue weighted by Gasteiger charge is -2.08. The van der Waals surface area contributed by atoms with Gasteiger partial charge in [-0.1, -0.05) is 11.6 Å². The summed E-state index contributed by atoms with van der Waals surface area (Å²) >= 11 is 5.65. The molecule has 0 radical (unpaired) electrons. The molecule has 2 N–H and O–H groups in total. The highest BCUT2D eigenvalue weighted by Crippen LogP contribution is 2.19. The van der Waals surface area contributed by atoms with Gasteiger partial charge in [-0.05, 0) is 30.3 Å². The van der Waals surface area contributed by atoms with Gasteiger partial charge in [0.25, 0.3) is 0 Å². The minimum atomic E-state index is -4.19. The molecule has 6 nitrogen and oxygen atoms in total. The van der Waals surface area contributed by atoms with Crippen molar-refractivity contribution in [3.63, 3.8) is 0 Å². The molecule has 0 saturated heterocycles. The topological polar surface area (TPSA) is 88.2 Å². The number of carbonyl (C=O) groups is 1. The molecule has 0 aliphatic rings. The molecule has 1 aromatic carbocycles. The van der Waals surface area contributed by atoms with Crippen LogP contribution in [0.4, 0.5) is 10.1 Å². The molecular formula is C13H11ClFN3O3S. The fourth-order valence-electron chi connectivity index (χ4n) is 1.56. The minimum Gasteiger partial charge on any atom is -0.324 e. The molecule has 1 aromatic heterocycles. The van der Waals surface area contributed by atoms with Gasteiger partial charge in [0.15, 0.2) is 0 Å². The van der Waals surface area contributed by atoms with E-state index >= 15 is 0 Å². The van der Waals surface area contributed by atoms with Crippen LogP contribution < -0.4 is 10.0 Å². The second kappa shape index (κ2) is 6.82. The van der Waals surface area contributed by atoms with Gasteiger partial charge in [0.1, 0.15) is 10.7 Å². The maximum Gasteiger partial charge on any atom is 0.244 e. The van der Waals surface area contributed by atoms with Gasteiger partial charge in [-0.15, -0.1) is 0 Å². The first kappa shape index (κ1) is 16.3. The SMILES string of the molecule is O=C(CNS(=O)(=O)c1cc(Cl)ccc1F)Nc1cccnc1. The highest BCUT2D eigenvalue weighted by Gasteiger charge is 2.20. The Morgan fingerprint density at radius 3 is 2.77 bits per heavy atom. The predicted molar refractivity (Wildman–Crippen MR) is 79.5 cm³/mol. The number of hydrogen-bond donors (Lipinski definition) is 2. The first-order valence-electron chi connectivity index (χ1n) is 6.03. The van der Waals surface area contributed by atoms with Gasteiger partial charge in [0, 0.05) is 11.2 Å². The third kappa shape index (κ3) is 4.23. The van der Waals surface area contributed by atoms with Crippen LogP contribution in [-0.4, -0.2) is 25.9 Å². The second-order valence-electron chi connectivity index (χ2n) is 4.19. The van der Waals surface area contributed by atoms with Gasteiger partial charge in [0.05, 0.1) is 18.4 Å². The molecule has 116 valence electrons. The Bertz CT molecular complexity index is 784. The zero-order valence-electron chi connectivity index (χ0n) is 11.1. The van der Waals surface area contributed by atoms with Crippen molar-refractivity contribution in [2.24, 2.45) is 0 Å². The number of benzene rings is 1. The van der Waals surface area contributed by atoms with Gasteiger partial charge in [-0.25, -0.2) is 17.5 Å². The van der Waals surface area contributed by atoms with Gasteiger partial charge in [-0.3, -0.25) is 9.78 Å². The summed E-state index contributed by atoms with van der Waals surface area (Å²) in [6.07, 6.45) is 2.93. The molecule has 0 unspecified atom stereocenters. The summed E-state index contributed by atoms with van der Waals surface area (Å²) in [6, 6.07) is 6.34. The van der Waals surface area contributed by atoms with Crippen LogP contribution in [0.1, 0.15) is 0 Å². The van der Waals surface area contributed by atoms with Crippen molar-refractivity contribution in [1.82, 2.24) is 9.71 Å². The van der Waals surface area contributed by atoms with Crippen LogP contribution in [0, 0.1) is 5.82 Å². The summed E-state index contributed by atoms with van der Waals surface area (Å²) in [7, 11) is -4.19. The largest absolute Gasteiger partial charge is 0.324 e. The maximum atomic E-state index is 13.5. The Morgan fingerprint density at radius 2 is 2.09 bits per heavy atom. The molecule has 0 aliphatic carbocycles. The fraction of sp³-hybridized carbons (Fsp3) is 0.0769. The average molecular weight is 344 g/mol. The summed E-state index contributed by atoms with van der Waals surface area (Å²) in [5, 5.41) is 2.51. The number of pyridine rings is 1. The zero-order chi connectivity index (χ0) is 16.2. The number of sulfonamides is 1. The van der Waals surface area contributed by atoms with Crippen LogP contribution in [0.25, 0.3) is 0 Å². The van der Waals surface area contributed by atoms with Crippen molar-refractivity contribution in [3.05, 3.63) is 53.6 Å². The molecule has 2 rings (SSSR count). The smallest absolute Gasteiger partial charge is 0.244 e. The van der Waals surface area contributed by atoms with Gasteiger partial charge in [0.2, 0.25) is 15.9 Å². The van der Waals surface area contributed by atoms with Crippen LogP contribution in [0.5, 0.6) is 0 Å². The van der Waals surface area contributed by atoms with Crippen molar-refractivity contribution < 1.29 is 17.6 Å². The molecule has 2 aromatic rings. The van der Waals surface area contributed by atoms with Crippen molar-refractivity contribution in [1.29, 1.82) is 0 Å². The van der Waals surface area contributed by atoms with E-state index in [0.717, 1.165) is 12.1 Å². The molecule has 9 heteroatoms. The first-order valence-corrected chi connectivity index (χ1v) is 7.89. The number of aromatic nitrogens is 1. The molecule has 0 fully saturated rings. The third-order valence-corrected chi connectivity index (χ3v) is 4.20. The van der Waals surface area contributed by atoms with Crippen LogP contribution in [-0.2, 0) is 14.8 Å². The highest BCUT2D eigenvalue weighted by atomic mass is 35.5.